The molecule has 3 atom stereocenters. The summed E-state index contributed by atoms with van der Waals surface area (Å²) < 4.78 is 41.0. The Morgan fingerprint density at radius 3 is 2.36 bits per heavy atom. The second-order valence-corrected chi connectivity index (χ2v) is 12.6. The average molecular weight is 512 g/mol. The van der Waals surface area contributed by atoms with Crippen LogP contribution in [0.4, 0.5) is 10.1 Å². The number of piperidine rings is 1. The minimum atomic E-state index is -3.72. The quantitative estimate of drug-likeness (QED) is 0.460. The highest BCUT2D eigenvalue weighted by Gasteiger charge is 2.53. The van der Waals surface area contributed by atoms with E-state index in [1.807, 2.05) is 20.8 Å². The molecule has 1 amide bonds. The van der Waals surface area contributed by atoms with Gasteiger partial charge < -0.3 is 4.90 Å². The van der Waals surface area contributed by atoms with Crippen LogP contribution in [0.2, 0.25) is 10.0 Å². The first-order valence-electron chi connectivity index (χ1n) is 11.2. The highest BCUT2D eigenvalue weighted by Crippen LogP contribution is 2.51. The fourth-order valence-electron chi connectivity index (χ4n) is 5.66. The van der Waals surface area contributed by atoms with E-state index in [9.17, 15) is 13.2 Å². The van der Waals surface area contributed by atoms with Crippen molar-refractivity contribution in [1.29, 1.82) is 0 Å². The van der Waals surface area contributed by atoms with Gasteiger partial charge in [0.1, 0.15) is 5.82 Å². The van der Waals surface area contributed by atoms with Crippen molar-refractivity contribution >= 4 is 44.6 Å². The van der Waals surface area contributed by atoms with Crippen molar-refractivity contribution in [1.82, 2.24) is 0 Å². The number of hydrogen-bond acceptors (Lipinski definition) is 3. The van der Waals surface area contributed by atoms with Crippen LogP contribution in [0, 0.1) is 23.1 Å². The third-order valence-electron chi connectivity index (χ3n) is 7.39. The number of carbonyl (C=O) groups excluding carboxylic acids is 1. The molecule has 2 aromatic carbocycles. The van der Waals surface area contributed by atoms with Crippen molar-refractivity contribution in [2.45, 2.75) is 63.1 Å². The largest absolute Gasteiger partial charge is 0.305 e. The maximum absolute atomic E-state index is 15.5. The molecule has 0 spiro atoms. The van der Waals surface area contributed by atoms with E-state index in [0.717, 1.165) is 25.7 Å². The Morgan fingerprint density at radius 1 is 1.09 bits per heavy atom. The normalized spacial score (nSPS) is 25.1. The third kappa shape index (κ3) is 4.42. The van der Waals surface area contributed by atoms with E-state index >= 15 is 4.39 Å². The molecule has 178 valence electrons. The lowest BCUT2D eigenvalue weighted by atomic mass is 9.60. The highest BCUT2D eigenvalue weighted by atomic mass is 35.5. The van der Waals surface area contributed by atoms with Gasteiger partial charge in [-0.15, -0.1) is 0 Å². The summed E-state index contributed by atoms with van der Waals surface area (Å²) in [5.74, 6) is -0.706. The Kier molecular flexibility index (Phi) is 6.58. The van der Waals surface area contributed by atoms with Crippen LogP contribution in [0.3, 0.4) is 0 Å². The summed E-state index contributed by atoms with van der Waals surface area (Å²) in [5, 5.41) is 0.470. The Labute approximate surface area is 205 Å². The smallest absolute Gasteiger partial charge is 0.233 e. The molecule has 0 radical (unpaired) electrons. The van der Waals surface area contributed by atoms with E-state index < -0.39 is 26.8 Å². The van der Waals surface area contributed by atoms with Gasteiger partial charge in [-0.25, -0.2) is 12.8 Å². The molecule has 0 N–H and O–H groups in total. The zero-order valence-electron chi connectivity index (χ0n) is 18.9. The molecule has 1 aliphatic carbocycles. The summed E-state index contributed by atoms with van der Waals surface area (Å²) in [6.45, 7) is 5.84. The van der Waals surface area contributed by atoms with Crippen molar-refractivity contribution in [3.63, 3.8) is 0 Å². The second kappa shape index (κ2) is 8.86. The van der Waals surface area contributed by atoms with Crippen molar-refractivity contribution in [2.75, 3.05) is 4.90 Å². The van der Waals surface area contributed by atoms with Gasteiger partial charge in [0, 0.05) is 16.5 Å². The van der Waals surface area contributed by atoms with E-state index in [0.29, 0.717) is 5.02 Å². The third-order valence-corrected chi connectivity index (χ3v) is 9.63. The molecule has 2 aliphatic rings. The van der Waals surface area contributed by atoms with Gasteiger partial charge in [-0.3, -0.25) is 4.79 Å². The molecular formula is C25H28Cl2FNO3S. The number of anilines is 1. The lowest BCUT2D eigenvalue weighted by Crippen LogP contribution is -2.60. The molecule has 0 aromatic heterocycles. The molecular weight excluding hydrogens is 484 g/mol. The van der Waals surface area contributed by atoms with Crippen LogP contribution in [0.5, 0.6) is 0 Å². The molecule has 2 aromatic rings. The number of rotatable bonds is 4. The molecule has 2 unspecified atom stereocenters. The van der Waals surface area contributed by atoms with Gasteiger partial charge in [-0.1, -0.05) is 49.9 Å². The van der Waals surface area contributed by atoms with E-state index in [4.69, 9.17) is 23.2 Å². The SMILES string of the molecule is C[C@@H]1C2CCCCC2C(C)(C)C(=O)N1c1c(F)cc(CS(=O)(=O)c2ccc(Cl)cc2)cc1Cl. The van der Waals surface area contributed by atoms with Crippen molar-refractivity contribution in [2.24, 2.45) is 17.3 Å². The van der Waals surface area contributed by atoms with Crippen LogP contribution < -0.4 is 4.90 Å². The van der Waals surface area contributed by atoms with E-state index in [1.54, 1.807) is 0 Å². The van der Waals surface area contributed by atoms with Gasteiger partial charge in [0.05, 0.1) is 21.4 Å². The Balaban J connectivity index is 1.68. The number of sulfone groups is 1. The summed E-state index contributed by atoms with van der Waals surface area (Å²) in [4.78, 5) is 15.1. The highest BCUT2D eigenvalue weighted by molar-refractivity contribution is 7.90. The Morgan fingerprint density at radius 2 is 1.73 bits per heavy atom. The van der Waals surface area contributed by atoms with Crippen LogP contribution in [0.15, 0.2) is 41.3 Å². The van der Waals surface area contributed by atoms with Gasteiger partial charge in [0.2, 0.25) is 5.91 Å². The Hall–Kier alpha value is -1.63. The molecule has 1 saturated carbocycles. The van der Waals surface area contributed by atoms with Crippen LogP contribution in [0.1, 0.15) is 52.0 Å². The second-order valence-electron chi connectivity index (χ2n) is 9.81. The molecule has 33 heavy (non-hydrogen) atoms. The van der Waals surface area contributed by atoms with E-state index in [2.05, 4.69) is 0 Å². The first kappa shape index (κ1) is 24.5. The number of nitrogens with zero attached hydrogens (tertiary/aromatic N) is 1. The molecule has 4 rings (SSSR count). The minimum absolute atomic E-state index is 0.0407. The number of halogens is 3. The topological polar surface area (TPSA) is 54.5 Å². The van der Waals surface area contributed by atoms with Gasteiger partial charge in [0.25, 0.3) is 0 Å². The van der Waals surface area contributed by atoms with Gasteiger partial charge >= 0.3 is 0 Å². The average Bonchev–Trinajstić information content (AvgIpc) is 2.74. The van der Waals surface area contributed by atoms with Gasteiger partial charge in [-0.05, 0) is 73.6 Å². The summed E-state index contributed by atoms with van der Waals surface area (Å²) in [6, 6.07) is 8.26. The number of amides is 1. The summed E-state index contributed by atoms with van der Waals surface area (Å²) >= 11 is 12.4. The summed E-state index contributed by atoms with van der Waals surface area (Å²) in [5.41, 5.74) is -0.355. The fourth-order valence-corrected chi connectivity index (χ4v) is 7.43. The summed E-state index contributed by atoms with van der Waals surface area (Å²) in [6.07, 6.45) is 4.20. The molecule has 0 bridgehead atoms. The number of carbonyl (C=O) groups is 1. The van der Waals surface area contributed by atoms with Crippen molar-refractivity contribution in [3.05, 3.63) is 57.8 Å². The fraction of sp³-hybridized carbons (Fsp3) is 0.480. The van der Waals surface area contributed by atoms with Crippen molar-refractivity contribution in [3.8, 4) is 0 Å². The predicted molar refractivity (Wildman–Crippen MR) is 130 cm³/mol. The monoisotopic (exact) mass is 511 g/mol. The zero-order valence-corrected chi connectivity index (χ0v) is 21.3. The van der Waals surface area contributed by atoms with Crippen LogP contribution in [0.25, 0.3) is 0 Å². The summed E-state index contributed by atoms with van der Waals surface area (Å²) in [7, 11) is -3.72. The predicted octanol–water partition coefficient (Wildman–Crippen LogP) is 6.67. The van der Waals surface area contributed by atoms with Crippen LogP contribution in [-0.2, 0) is 20.4 Å². The maximum Gasteiger partial charge on any atom is 0.233 e. The van der Waals surface area contributed by atoms with Gasteiger partial charge in [-0.2, -0.15) is 0 Å². The molecule has 1 saturated heterocycles. The van der Waals surface area contributed by atoms with Crippen LogP contribution in [-0.4, -0.2) is 20.4 Å². The molecule has 8 heteroatoms. The van der Waals surface area contributed by atoms with Crippen molar-refractivity contribution < 1.29 is 17.6 Å². The first-order chi connectivity index (χ1) is 15.4. The lowest BCUT2D eigenvalue weighted by molar-refractivity contribution is -0.137. The zero-order chi connectivity index (χ0) is 24.1. The Bertz CT molecular complexity index is 1160. The number of fused-ring (bicyclic) bond motifs is 1. The van der Waals surface area contributed by atoms with E-state index in [1.165, 1.54) is 41.3 Å². The molecule has 1 aliphatic heterocycles. The number of benzene rings is 2. The lowest BCUT2D eigenvalue weighted by Gasteiger charge is -2.53. The van der Waals surface area contributed by atoms with Crippen LogP contribution >= 0.6 is 23.2 Å². The number of hydrogen-bond donors (Lipinski definition) is 0. The minimum Gasteiger partial charge on any atom is -0.305 e. The van der Waals surface area contributed by atoms with E-state index in [-0.39, 0.29) is 45.0 Å². The first-order valence-corrected chi connectivity index (χ1v) is 13.6. The molecule has 1 heterocycles. The standard InChI is InChI=1S/C25H28Cl2FNO3S/c1-15-19-6-4-5-7-20(19)25(2,3)24(30)29(15)23-21(27)12-16(13-22(23)28)14-33(31,32)18-10-8-17(26)9-11-18/h8-13,15,19-20H,4-7,14H2,1-3H3/t15-,19?,20?/m1/s1. The molecule has 2 fully saturated rings. The molecule has 4 nitrogen and oxygen atoms in total. The van der Waals surface area contributed by atoms with Gasteiger partial charge in [0.15, 0.2) is 9.84 Å². The maximum atomic E-state index is 15.5.